The van der Waals surface area contributed by atoms with Crippen molar-refractivity contribution in [3.05, 3.63) is 65.5 Å². The van der Waals surface area contributed by atoms with Crippen LogP contribution in [0.15, 0.2) is 48.5 Å². The van der Waals surface area contributed by atoms with Crippen molar-refractivity contribution in [2.45, 2.75) is 39.2 Å². The summed E-state index contributed by atoms with van der Waals surface area (Å²) in [6.45, 7) is 5.61. The van der Waals surface area contributed by atoms with Crippen molar-refractivity contribution in [2.75, 3.05) is 5.32 Å². The summed E-state index contributed by atoms with van der Waals surface area (Å²) < 4.78 is 18.7. The molecule has 25 heavy (non-hydrogen) atoms. The lowest BCUT2D eigenvalue weighted by Gasteiger charge is -2.18. The fourth-order valence-corrected chi connectivity index (χ4v) is 2.40. The number of esters is 1. The highest BCUT2D eigenvalue weighted by Crippen LogP contribution is 2.26. The second-order valence-corrected chi connectivity index (χ2v) is 5.91. The maximum absolute atomic E-state index is 13.6. The van der Waals surface area contributed by atoms with Crippen molar-refractivity contribution in [3.63, 3.8) is 0 Å². The number of ether oxygens (including phenoxy) is 1. The Hall–Kier alpha value is -2.69. The number of amides is 1. The third-order valence-corrected chi connectivity index (χ3v) is 4.11. The summed E-state index contributed by atoms with van der Waals surface area (Å²) in [7, 11) is 0. The van der Waals surface area contributed by atoms with Gasteiger partial charge >= 0.3 is 5.97 Å². The Morgan fingerprint density at radius 3 is 2.40 bits per heavy atom. The van der Waals surface area contributed by atoms with Crippen LogP contribution in [-0.2, 0) is 9.53 Å². The minimum atomic E-state index is -1.04. The van der Waals surface area contributed by atoms with Crippen LogP contribution in [0, 0.1) is 5.82 Å². The maximum Gasteiger partial charge on any atom is 0.341 e. The third-order valence-electron chi connectivity index (χ3n) is 4.11. The Morgan fingerprint density at radius 1 is 1.08 bits per heavy atom. The predicted molar refractivity (Wildman–Crippen MR) is 95.1 cm³/mol. The van der Waals surface area contributed by atoms with Crippen molar-refractivity contribution in [1.29, 1.82) is 0 Å². The van der Waals surface area contributed by atoms with E-state index in [2.05, 4.69) is 19.2 Å². The Kier molecular flexibility index (Phi) is 6.28. The molecule has 0 aliphatic rings. The first kappa shape index (κ1) is 18.6. The van der Waals surface area contributed by atoms with E-state index in [0.717, 1.165) is 12.0 Å². The maximum atomic E-state index is 13.6. The van der Waals surface area contributed by atoms with Gasteiger partial charge in [-0.1, -0.05) is 44.2 Å². The van der Waals surface area contributed by atoms with Crippen molar-refractivity contribution in [3.8, 4) is 0 Å². The molecule has 2 aromatic carbocycles. The largest absolute Gasteiger partial charge is 0.449 e. The van der Waals surface area contributed by atoms with Crippen molar-refractivity contribution >= 4 is 17.6 Å². The van der Waals surface area contributed by atoms with Crippen LogP contribution >= 0.6 is 0 Å². The summed E-state index contributed by atoms with van der Waals surface area (Å²) in [6, 6.07) is 13.0. The quantitative estimate of drug-likeness (QED) is 0.785. The van der Waals surface area contributed by atoms with E-state index < -0.39 is 23.8 Å². The highest BCUT2D eigenvalue weighted by molar-refractivity contribution is 5.97. The van der Waals surface area contributed by atoms with Gasteiger partial charge < -0.3 is 10.1 Å². The zero-order chi connectivity index (χ0) is 18.4. The van der Waals surface area contributed by atoms with Gasteiger partial charge in [0.1, 0.15) is 5.82 Å². The molecule has 0 radical (unpaired) electrons. The first-order chi connectivity index (χ1) is 11.9. The molecule has 2 aromatic rings. The van der Waals surface area contributed by atoms with Gasteiger partial charge in [0.2, 0.25) is 0 Å². The molecule has 0 bridgehead atoms. The van der Waals surface area contributed by atoms with E-state index in [1.807, 2.05) is 24.3 Å². The van der Waals surface area contributed by atoms with Gasteiger partial charge in [0.15, 0.2) is 6.10 Å². The summed E-state index contributed by atoms with van der Waals surface area (Å²) in [5, 5.41) is 2.79. The summed E-state index contributed by atoms with van der Waals surface area (Å²) in [5.41, 5.74) is 1.52. The molecule has 1 N–H and O–H groups in total. The Morgan fingerprint density at radius 2 is 1.72 bits per heavy atom. The molecule has 0 unspecified atom stereocenters. The molecule has 1 amide bonds. The Bertz CT molecular complexity index is 760. The van der Waals surface area contributed by atoms with Crippen LogP contribution in [0.2, 0.25) is 0 Å². The van der Waals surface area contributed by atoms with Crippen LogP contribution in [-0.4, -0.2) is 18.0 Å². The van der Waals surface area contributed by atoms with E-state index >= 15 is 0 Å². The minimum absolute atomic E-state index is 0.192. The molecule has 0 aromatic heterocycles. The molecule has 0 heterocycles. The number of benzene rings is 2. The lowest BCUT2D eigenvalue weighted by atomic mass is 9.97. The van der Waals surface area contributed by atoms with E-state index in [0.29, 0.717) is 5.69 Å². The molecule has 2 rings (SSSR count). The molecule has 4 nitrogen and oxygen atoms in total. The van der Waals surface area contributed by atoms with Gasteiger partial charge in [-0.3, -0.25) is 4.79 Å². The average molecular weight is 343 g/mol. The van der Waals surface area contributed by atoms with Crippen LogP contribution < -0.4 is 5.32 Å². The molecule has 0 spiro atoms. The Labute approximate surface area is 147 Å². The number of carbonyl (C=O) groups excluding carboxylic acids is 2. The van der Waals surface area contributed by atoms with Gasteiger partial charge in [-0.15, -0.1) is 0 Å². The van der Waals surface area contributed by atoms with Gasteiger partial charge in [0.05, 0.1) is 5.56 Å². The molecule has 0 saturated heterocycles. The molecule has 2 atom stereocenters. The van der Waals surface area contributed by atoms with E-state index in [9.17, 15) is 14.0 Å². The van der Waals surface area contributed by atoms with Gasteiger partial charge in [-0.25, -0.2) is 9.18 Å². The van der Waals surface area contributed by atoms with Crippen LogP contribution in [0.1, 0.15) is 49.0 Å². The second kappa shape index (κ2) is 8.42. The molecular formula is C20H22FNO3. The number of anilines is 1. The van der Waals surface area contributed by atoms with Crippen molar-refractivity contribution in [2.24, 2.45) is 0 Å². The smallest absolute Gasteiger partial charge is 0.341 e. The zero-order valence-electron chi connectivity index (χ0n) is 14.6. The molecule has 0 aliphatic carbocycles. The standard InChI is InChI=1S/C20H22FNO3/c1-4-13(2)15-9-6-8-12-18(15)22-19(23)14(3)25-20(24)16-10-5-7-11-17(16)21/h5-14H,4H2,1-3H3,(H,22,23)/t13-,14-/m0/s1. The number of nitrogens with one attached hydrogen (secondary N) is 1. The number of hydrogen-bond acceptors (Lipinski definition) is 3. The lowest BCUT2D eigenvalue weighted by molar-refractivity contribution is -0.123. The second-order valence-electron chi connectivity index (χ2n) is 5.91. The minimum Gasteiger partial charge on any atom is -0.449 e. The van der Waals surface area contributed by atoms with Gasteiger partial charge in [0, 0.05) is 5.69 Å². The SMILES string of the molecule is CC[C@H](C)c1ccccc1NC(=O)[C@H](C)OC(=O)c1ccccc1F. The van der Waals surface area contributed by atoms with Gasteiger partial charge in [-0.05, 0) is 43.0 Å². The summed E-state index contributed by atoms with van der Waals surface area (Å²) in [6.07, 6.45) is -0.109. The summed E-state index contributed by atoms with van der Waals surface area (Å²) in [4.78, 5) is 24.4. The number of carbonyl (C=O) groups is 2. The zero-order valence-corrected chi connectivity index (χ0v) is 14.6. The third kappa shape index (κ3) is 4.66. The predicted octanol–water partition coefficient (Wildman–Crippen LogP) is 4.52. The highest BCUT2D eigenvalue weighted by Gasteiger charge is 2.22. The first-order valence-electron chi connectivity index (χ1n) is 8.29. The van der Waals surface area contributed by atoms with Crippen LogP contribution in [0.4, 0.5) is 10.1 Å². The average Bonchev–Trinajstić information content (AvgIpc) is 2.61. The van der Waals surface area contributed by atoms with E-state index in [-0.39, 0.29) is 11.5 Å². The lowest BCUT2D eigenvalue weighted by Crippen LogP contribution is -2.30. The molecule has 0 fully saturated rings. The van der Waals surface area contributed by atoms with E-state index in [1.54, 1.807) is 0 Å². The summed E-state index contributed by atoms with van der Waals surface area (Å²) in [5.74, 6) is -1.72. The fraction of sp³-hybridized carbons (Fsp3) is 0.300. The van der Waals surface area contributed by atoms with E-state index in [1.165, 1.54) is 31.2 Å². The monoisotopic (exact) mass is 343 g/mol. The number of hydrogen-bond donors (Lipinski definition) is 1. The van der Waals surface area contributed by atoms with Crippen LogP contribution in [0.5, 0.6) is 0 Å². The number of halogens is 1. The summed E-state index contributed by atoms with van der Waals surface area (Å²) >= 11 is 0. The molecular weight excluding hydrogens is 321 g/mol. The molecule has 5 heteroatoms. The van der Waals surface area contributed by atoms with Crippen molar-refractivity contribution in [1.82, 2.24) is 0 Å². The van der Waals surface area contributed by atoms with Crippen LogP contribution in [0.3, 0.4) is 0 Å². The molecule has 0 aliphatic heterocycles. The molecule has 0 saturated carbocycles. The highest BCUT2D eigenvalue weighted by atomic mass is 19.1. The van der Waals surface area contributed by atoms with E-state index in [4.69, 9.17) is 4.74 Å². The van der Waals surface area contributed by atoms with Crippen LogP contribution in [0.25, 0.3) is 0 Å². The van der Waals surface area contributed by atoms with Gasteiger partial charge in [0.25, 0.3) is 5.91 Å². The molecule has 132 valence electrons. The normalized spacial score (nSPS) is 13.0. The fourth-order valence-electron chi connectivity index (χ4n) is 2.40. The first-order valence-corrected chi connectivity index (χ1v) is 8.29. The van der Waals surface area contributed by atoms with Crippen molar-refractivity contribution < 1.29 is 18.7 Å². The number of para-hydroxylation sites is 1. The van der Waals surface area contributed by atoms with Gasteiger partial charge in [-0.2, -0.15) is 0 Å². The number of rotatable bonds is 6. The topological polar surface area (TPSA) is 55.4 Å². The Balaban J connectivity index is 2.06.